The predicted molar refractivity (Wildman–Crippen MR) is 109 cm³/mol. The fourth-order valence-corrected chi connectivity index (χ4v) is 3.29. The van der Waals surface area contributed by atoms with Gasteiger partial charge < -0.3 is 15.3 Å². The molecule has 0 amide bonds. The zero-order valence-corrected chi connectivity index (χ0v) is 15.7. The van der Waals surface area contributed by atoms with Crippen LogP contribution in [-0.2, 0) is 13.0 Å². The topological polar surface area (TPSA) is 104 Å². The van der Waals surface area contributed by atoms with Crippen LogP contribution >= 0.6 is 0 Å². The summed E-state index contributed by atoms with van der Waals surface area (Å²) in [5.41, 5.74) is 3.01. The van der Waals surface area contributed by atoms with Crippen LogP contribution in [0.15, 0.2) is 60.8 Å². The van der Waals surface area contributed by atoms with Gasteiger partial charge in [0.15, 0.2) is 11.4 Å². The van der Waals surface area contributed by atoms with Crippen molar-refractivity contribution in [2.75, 3.05) is 0 Å². The minimum Gasteiger partial charge on any atom is -0.504 e. The lowest BCUT2D eigenvalue weighted by Crippen LogP contribution is -2.04. The van der Waals surface area contributed by atoms with Gasteiger partial charge in [0, 0.05) is 17.1 Å². The molecule has 0 atom stereocenters. The number of pyridine rings is 2. The Kier molecular flexibility index (Phi) is 5.12. The highest BCUT2D eigenvalue weighted by Gasteiger charge is 2.20. The zero-order chi connectivity index (χ0) is 21.3. The van der Waals surface area contributed by atoms with Crippen molar-refractivity contribution in [3.63, 3.8) is 0 Å². The Morgan fingerprint density at radius 1 is 0.967 bits per heavy atom. The highest BCUT2D eigenvalue weighted by molar-refractivity contribution is 6.02. The monoisotopic (exact) mass is 404 g/mol. The fraction of sp³-hybridized carbons (Fsp3) is 0.0870. The van der Waals surface area contributed by atoms with Gasteiger partial charge in [-0.2, -0.15) is 0 Å². The van der Waals surface area contributed by atoms with Crippen LogP contribution in [0.3, 0.4) is 0 Å². The molecule has 0 bridgehead atoms. The molecular formula is C23H17FN2O4. The standard InChI is InChI=1S/C23H17FN2O4/c24-17-7-3-13(4-8-17)9-15-10-18-19(16-5-1-14(12-27)2-6-16)26-21(23(29)30)22(28)20(18)25-11-15/h1-8,10-11,27-28H,9,12H2,(H,29,30). The zero-order valence-electron chi connectivity index (χ0n) is 15.7. The Morgan fingerprint density at radius 3 is 2.27 bits per heavy atom. The van der Waals surface area contributed by atoms with Gasteiger partial charge in [-0.25, -0.2) is 14.2 Å². The second-order valence-electron chi connectivity index (χ2n) is 6.86. The molecule has 2 aromatic carbocycles. The first-order chi connectivity index (χ1) is 14.5. The Balaban J connectivity index is 1.88. The lowest BCUT2D eigenvalue weighted by Gasteiger charge is -2.12. The first-order valence-corrected chi connectivity index (χ1v) is 9.15. The number of fused-ring (bicyclic) bond motifs is 1. The summed E-state index contributed by atoms with van der Waals surface area (Å²) in [6, 6.07) is 14.8. The molecule has 0 unspecified atom stereocenters. The van der Waals surface area contributed by atoms with E-state index in [1.165, 1.54) is 12.1 Å². The number of nitrogens with zero attached hydrogens (tertiary/aromatic N) is 2. The largest absolute Gasteiger partial charge is 0.504 e. The second-order valence-corrected chi connectivity index (χ2v) is 6.86. The molecule has 3 N–H and O–H groups in total. The first-order valence-electron chi connectivity index (χ1n) is 9.15. The molecule has 2 heterocycles. The molecule has 0 saturated carbocycles. The molecule has 7 heteroatoms. The SMILES string of the molecule is O=C(O)c1nc(-c2ccc(CO)cc2)c2cc(Cc3ccc(F)cc3)cnc2c1O. The summed E-state index contributed by atoms with van der Waals surface area (Å²) in [5, 5.41) is 29.6. The summed E-state index contributed by atoms with van der Waals surface area (Å²) in [6.07, 6.45) is 2.03. The van der Waals surface area contributed by atoms with Gasteiger partial charge in [0.05, 0.1) is 12.3 Å². The quantitative estimate of drug-likeness (QED) is 0.466. The Bertz CT molecular complexity index is 1240. The molecule has 0 aliphatic carbocycles. The maximum Gasteiger partial charge on any atom is 0.358 e. The number of aromatic nitrogens is 2. The average Bonchev–Trinajstić information content (AvgIpc) is 2.75. The van der Waals surface area contributed by atoms with Crippen molar-refractivity contribution >= 4 is 16.9 Å². The van der Waals surface area contributed by atoms with Gasteiger partial charge in [-0.05, 0) is 41.3 Å². The highest BCUT2D eigenvalue weighted by atomic mass is 19.1. The number of aromatic hydroxyl groups is 1. The molecule has 0 aliphatic heterocycles. The third-order valence-corrected chi connectivity index (χ3v) is 4.81. The Hall–Kier alpha value is -3.84. The van der Waals surface area contributed by atoms with Crippen molar-refractivity contribution in [1.82, 2.24) is 9.97 Å². The van der Waals surface area contributed by atoms with Crippen molar-refractivity contribution in [1.29, 1.82) is 0 Å². The van der Waals surface area contributed by atoms with Crippen LogP contribution in [0.5, 0.6) is 5.75 Å². The average molecular weight is 404 g/mol. The van der Waals surface area contributed by atoms with Crippen LogP contribution in [0.1, 0.15) is 27.2 Å². The molecule has 4 rings (SSSR count). The maximum absolute atomic E-state index is 13.2. The van der Waals surface area contributed by atoms with Crippen molar-refractivity contribution in [2.24, 2.45) is 0 Å². The van der Waals surface area contributed by atoms with Gasteiger partial charge in [0.2, 0.25) is 0 Å². The van der Waals surface area contributed by atoms with Crippen molar-refractivity contribution in [3.05, 3.63) is 89.0 Å². The van der Waals surface area contributed by atoms with Gasteiger partial charge in [-0.1, -0.05) is 36.4 Å². The number of carboxylic acid groups (broad SMARTS) is 1. The molecule has 30 heavy (non-hydrogen) atoms. The number of halogens is 1. The summed E-state index contributed by atoms with van der Waals surface area (Å²) in [4.78, 5) is 20.0. The number of carboxylic acids is 1. The summed E-state index contributed by atoms with van der Waals surface area (Å²) in [5.74, 6) is -2.18. The third kappa shape index (κ3) is 3.70. The van der Waals surface area contributed by atoms with E-state index in [9.17, 15) is 24.5 Å². The number of benzene rings is 2. The Labute approximate surface area is 170 Å². The minimum atomic E-state index is -1.36. The van der Waals surface area contributed by atoms with Crippen LogP contribution in [0, 0.1) is 5.82 Å². The normalized spacial score (nSPS) is 11.0. The molecule has 2 aromatic heterocycles. The van der Waals surface area contributed by atoms with Gasteiger partial charge in [0.25, 0.3) is 0 Å². The van der Waals surface area contributed by atoms with E-state index in [1.807, 2.05) is 0 Å². The van der Waals surface area contributed by atoms with Crippen LogP contribution in [0.2, 0.25) is 0 Å². The fourth-order valence-electron chi connectivity index (χ4n) is 3.29. The van der Waals surface area contributed by atoms with Crippen molar-refractivity contribution in [3.8, 4) is 17.0 Å². The number of aromatic carboxylic acids is 1. The first kappa shape index (κ1) is 19.5. The summed E-state index contributed by atoms with van der Waals surface area (Å²) < 4.78 is 13.2. The van der Waals surface area contributed by atoms with Crippen LogP contribution in [-0.4, -0.2) is 31.3 Å². The summed E-state index contributed by atoms with van der Waals surface area (Å²) in [6.45, 7) is -0.117. The van der Waals surface area contributed by atoms with E-state index in [2.05, 4.69) is 9.97 Å². The molecule has 6 nitrogen and oxygen atoms in total. The molecule has 150 valence electrons. The molecule has 0 aliphatic rings. The summed E-state index contributed by atoms with van der Waals surface area (Å²) in [7, 11) is 0. The van der Waals surface area contributed by atoms with E-state index >= 15 is 0 Å². The van der Waals surface area contributed by atoms with Gasteiger partial charge in [-0.3, -0.25) is 4.98 Å². The molecular weight excluding hydrogens is 387 g/mol. The second kappa shape index (κ2) is 7.88. The highest BCUT2D eigenvalue weighted by Crippen LogP contribution is 2.34. The molecule has 4 aromatic rings. The van der Waals surface area contributed by atoms with Crippen molar-refractivity contribution in [2.45, 2.75) is 13.0 Å². The molecule has 0 saturated heterocycles. The number of hydrogen-bond acceptors (Lipinski definition) is 5. The summed E-state index contributed by atoms with van der Waals surface area (Å²) >= 11 is 0. The number of rotatable bonds is 5. The smallest absolute Gasteiger partial charge is 0.358 e. The van der Waals surface area contributed by atoms with E-state index in [4.69, 9.17) is 0 Å². The van der Waals surface area contributed by atoms with Crippen LogP contribution in [0.25, 0.3) is 22.2 Å². The lowest BCUT2D eigenvalue weighted by molar-refractivity contribution is 0.0687. The van der Waals surface area contributed by atoms with E-state index in [0.29, 0.717) is 28.6 Å². The van der Waals surface area contributed by atoms with E-state index in [0.717, 1.165) is 11.1 Å². The van der Waals surface area contributed by atoms with Crippen molar-refractivity contribution < 1.29 is 24.5 Å². The van der Waals surface area contributed by atoms with E-state index in [-0.39, 0.29) is 17.9 Å². The molecule has 0 fully saturated rings. The van der Waals surface area contributed by atoms with Gasteiger partial charge in [-0.15, -0.1) is 0 Å². The van der Waals surface area contributed by atoms with Crippen LogP contribution < -0.4 is 0 Å². The molecule has 0 radical (unpaired) electrons. The van der Waals surface area contributed by atoms with Gasteiger partial charge >= 0.3 is 5.97 Å². The number of aliphatic hydroxyl groups is 1. The molecule has 0 spiro atoms. The maximum atomic E-state index is 13.2. The number of carbonyl (C=O) groups is 1. The third-order valence-electron chi connectivity index (χ3n) is 4.81. The number of aliphatic hydroxyl groups excluding tert-OH is 1. The van der Waals surface area contributed by atoms with E-state index < -0.39 is 17.4 Å². The Morgan fingerprint density at radius 2 is 1.63 bits per heavy atom. The lowest BCUT2D eigenvalue weighted by atomic mass is 10.0. The van der Waals surface area contributed by atoms with Crippen LogP contribution in [0.4, 0.5) is 4.39 Å². The van der Waals surface area contributed by atoms with E-state index in [1.54, 1.807) is 48.7 Å². The minimum absolute atomic E-state index is 0.117. The van der Waals surface area contributed by atoms with Gasteiger partial charge in [0.1, 0.15) is 11.3 Å². The predicted octanol–water partition coefficient (Wildman–Crippen LogP) is 3.92. The number of hydrogen-bond donors (Lipinski definition) is 3.